The molecule has 0 unspecified atom stereocenters. The van der Waals surface area contributed by atoms with Gasteiger partial charge in [-0.3, -0.25) is 4.79 Å². The average Bonchev–Trinajstić information content (AvgIpc) is 2.45. The predicted octanol–water partition coefficient (Wildman–Crippen LogP) is 3.44. The Morgan fingerprint density at radius 1 is 1.20 bits per heavy atom. The van der Waals surface area contributed by atoms with Crippen LogP contribution >= 0.6 is 0 Å². The molecule has 102 valence electrons. The van der Waals surface area contributed by atoms with Gasteiger partial charge in [-0.2, -0.15) is 0 Å². The summed E-state index contributed by atoms with van der Waals surface area (Å²) in [6.45, 7) is 0. The summed E-state index contributed by atoms with van der Waals surface area (Å²) in [6.07, 6.45) is 2.77. The fourth-order valence-corrected chi connectivity index (χ4v) is 1.73. The number of allylic oxidation sites excluding steroid dienone is 1. The molecule has 0 aliphatic heterocycles. The van der Waals surface area contributed by atoms with Crippen LogP contribution in [0, 0.1) is 5.82 Å². The number of methoxy groups -OCH3 is 1. The van der Waals surface area contributed by atoms with Crippen molar-refractivity contribution in [2.75, 3.05) is 7.11 Å². The number of hydrogen-bond acceptors (Lipinski definition) is 3. The molecule has 0 aromatic heterocycles. The molecular formula is C16H13FO3. The van der Waals surface area contributed by atoms with E-state index in [9.17, 15) is 14.3 Å². The van der Waals surface area contributed by atoms with Crippen molar-refractivity contribution in [1.82, 2.24) is 0 Å². The lowest BCUT2D eigenvalue weighted by molar-refractivity contribution is 0.104. The predicted molar refractivity (Wildman–Crippen MR) is 74.4 cm³/mol. The molecule has 0 saturated heterocycles. The third-order valence-electron chi connectivity index (χ3n) is 2.78. The van der Waals surface area contributed by atoms with Gasteiger partial charge < -0.3 is 9.84 Å². The van der Waals surface area contributed by atoms with Crippen molar-refractivity contribution in [3.05, 3.63) is 65.5 Å². The van der Waals surface area contributed by atoms with E-state index in [1.807, 2.05) is 0 Å². The van der Waals surface area contributed by atoms with Crippen LogP contribution in [0.25, 0.3) is 6.08 Å². The molecule has 0 fully saturated rings. The Morgan fingerprint density at radius 2 is 1.90 bits per heavy atom. The van der Waals surface area contributed by atoms with Crippen LogP contribution in [0.1, 0.15) is 15.9 Å². The molecule has 0 aliphatic carbocycles. The molecule has 0 radical (unpaired) electrons. The first-order valence-electron chi connectivity index (χ1n) is 5.96. The molecule has 3 nitrogen and oxygen atoms in total. The molecular weight excluding hydrogens is 259 g/mol. The number of ketones is 1. The SMILES string of the molecule is COc1ccc(C=CC(=O)c2c(O)cccc2F)cc1. The van der Waals surface area contributed by atoms with E-state index in [0.717, 1.165) is 11.6 Å². The van der Waals surface area contributed by atoms with Gasteiger partial charge in [-0.15, -0.1) is 0 Å². The summed E-state index contributed by atoms with van der Waals surface area (Å²) in [5.41, 5.74) is 0.451. The molecule has 1 N–H and O–H groups in total. The summed E-state index contributed by atoms with van der Waals surface area (Å²) in [4.78, 5) is 11.9. The van der Waals surface area contributed by atoms with Gasteiger partial charge in [0, 0.05) is 0 Å². The Balaban J connectivity index is 2.20. The van der Waals surface area contributed by atoms with Crippen LogP contribution in [0.3, 0.4) is 0 Å². The van der Waals surface area contributed by atoms with E-state index >= 15 is 0 Å². The van der Waals surface area contributed by atoms with Crippen LogP contribution in [0.15, 0.2) is 48.5 Å². The summed E-state index contributed by atoms with van der Waals surface area (Å²) in [5, 5.41) is 9.52. The third kappa shape index (κ3) is 3.03. The van der Waals surface area contributed by atoms with Crippen LogP contribution in [0.2, 0.25) is 0 Å². The van der Waals surface area contributed by atoms with Crippen molar-refractivity contribution >= 4 is 11.9 Å². The van der Waals surface area contributed by atoms with Gasteiger partial charge in [0.2, 0.25) is 0 Å². The number of hydrogen-bond donors (Lipinski definition) is 1. The van der Waals surface area contributed by atoms with Gasteiger partial charge in [-0.1, -0.05) is 24.3 Å². The Kier molecular flexibility index (Phi) is 4.15. The molecule has 0 spiro atoms. The number of ether oxygens (including phenoxy) is 1. The number of carbonyl (C=O) groups excluding carboxylic acids is 1. The molecule has 0 aliphatic rings. The number of phenolic OH excluding ortho intramolecular Hbond substituents is 1. The summed E-state index contributed by atoms with van der Waals surface area (Å²) >= 11 is 0. The highest BCUT2D eigenvalue weighted by atomic mass is 19.1. The zero-order valence-electron chi connectivity index (χ0n) is 10.8. The van der Waals surface area contributed by atoms with E-state index in [-0.39, 0.29) is 11.3 Å². The lowest BCUT2D eigenvalue weighted by Crippen LogP contribution is -1.99. The van der Waals surface area contributed by atoms with Crippen molar-refractivity contribution in [2.45, 2.75) is 0 Å². The Labute approximate surface area is 115 Å². The van der Waals surface area contributed by atoms with Gasteiger partial charge >= 0.3 is 0 Å². The third-order valence-corrected chi connectivity index (χ3v) is 2.78. The molecule has 0 saturated carbocycles. The van der Waals surface area contributed by atoms with Crippen LogP contribution in [0.4, 0.5) is 4.39 Å². The van der Waals surface area contributed by atoms with Gasteiger partial charge in [0.15, 0.2) is 5.78 Å². The van der Waals surface area contributed by atoms with Crippen LogP contribution < -0.4 is 4.74 Å². The second kappa shape index (κ2) is 6.02. The van der Waals surface area contributed by atoms with Gasteiger partial charge in [-0.25, -0.2) is 4.39 Å². The molecule has 0 atom stereocenters. The first kappa shape index (κ1) is 13.8. The monoisotopic (exact) mass is 272 g/mol. The average molecular weight is 272 g/mol. The first-order chi connectivity index (χ1) is 9.61. The molecule has 20 heavy (non-hydrogen) atoms. The molecule has 4 heteroatoms. The largest absolute Gasteiger partial charge is 0.507 e. The maximum absolute atomic E-state index is 13.5. The van der Waals surface area contributed by atoms with Gasteiger partial charge in [0.05, 0.1) is 12.7 Å². The second-order valence-electron chi connectivity index (χ2n) is 4.10. The van der Waals surface area contributed by atoms with E-state index in [4.69, 9.17) is 4.74 Å². The minimum Gasteiger partial charge on any atom is -0.507 e. The first-order valence-corrected chi connectivity index (χ1v) is 5.96. The van der Waals surface area contributed by atoms with Crippen molar-refractivity contribution < 1.29 is 19.0 Å². The molecule has 2 aromatic carbocycles. The lowest BCUT2D eigenvalue weighted by atomic mass is 10.1. The maximum atomic E-state index is 13.5. The number of benzene rings is 2. The fraction of sp³-hybridized carbons (Fsp3) is 0.0625. The van der Waals surface area contributed by atoms with Crippen LogP contribution in [-0.4, -0.2) is 18.0 Å². The van der Waals surface area contributed by atoms with E-state index in [0.29, 0.717) is 5.75 Å². The van der Waals surface area contributed by atoms with Crippen molar-refractivity contribution in [3.8, 4) is 11.5 Å². The topological polar surface area (TPSA) is 46.5 Å². The number of aromatic hydroxyl groups is 1. The second-order valence-corrected chi connectivity index (χ2v) is 4.10. The number of halogens is 1. The molecule has 2 rings (SSSR count). The van der Waals surface area contributed by atoms with E-state index in [2.05, 4.69) is 0 Å². The van der Waals surface area contributed by atoms with Crippen LogP contribution in [0.5, 0.6) is 11.5 Å². The van der Waals surface area contributed by atoms with Gasteiger partial charge in [0.25, 0.3) is 0 Å². The summed E-state index contributed by atoms with van der Waals surface area (Å²) in [6, 6.07) is 10.8. The minimum absolute atomic E-state index is 0.322. The molecule has 0 bridgehead atoms. The van der Waals surface area contributed by atoms with Crippen molar-refractivity contribution in [3.63, 3.8) is 0 Å². The Bertz CT molecular complexity index is 625. The molecule has 2 aromatic rings. The minimum atomic E-state index is -0.741. The van der Waals surface area contributed by atoms with E-state index < -0.39 is 11.6 Å². The highest BCUT2D eigenvalue weighted by molar-refractivity contribution is 6.08. The number of carbonyl (C=O) groups is 1. The standard InChI is InChI=1S/C16H13FO3/c1-20-12-8-5-11(6-9-12)7-10-15(19)16-13(17)3-2-4-14(16)18/h2-10,18H,1H3. The van der Waals surface area contributed by atoms with Gasteiger partial charge in [0.1, 0.15) is 17.3 Å². The molecule has 0 heterocycles. The highest BCUT2D eigenvalue weighted by Crippen LogP contribution is 2.21. The maximum Gasteiger partial charge on any atom is 0.192 e. The lowest BCUT2D eigenvalue weighted by Gasteiger charge is -2.02. The summed E-state index contributed by atoms with van der Waals surface area (Å²) in [7, 11) is 1.56. The normalized spacial score (nSPS) is 10.7. The van der Waals surface area contributed by atoms with Crippen molar-refractivity contribution in [1.29, 1.82) is 0 Å². The Morgan fingerprint density at radius 3 is 2.50 bits per heavy atom. The number of phenols is 1. The highest BCUT2D eigenvalue weighted by Gasteiger charge is 2.13. The van der Waals surface area contributed by atoms with Crippen LogP contribution in [-0.2, 0) is 0 Å². The summed E-state index contributed by atoms with van der Waals surface area (Å²) in [5.74, 6) is -0.986. The van der Waals surface area contributed by atoms with Crippen molar-refractivity contribution in [2.24, 2.45) is 0 Å². The van der Waals surface area contributed by atoms with E-state index in [1.54, 1.807) is 37.5 Å². The fourth-order valence-electron chi connectivity index (χ4n) is 1.73. The zero-order valence-corrected chi connectivity index (χ0v) is 10.8. The number of rotatable bonds is 4. The zero-order chi connectivity index (χ0) is 14.5. The smallest absolute Gasteiger partial charge is 0.192 e. The van der Waals surface area contributed by atoms with Gasteiger partial charge in [-0.05, 0) is 35.9 Å². The quantitative estimate of drug-likeness (QED) is 0.685. The molecule has 0 amide bonds. The van der Waals surface area contributed by atoms with E-state index in [1.165, 1.54) is 18.2 Å². The Hall–Kier alpha value is -2.62. The summed E-state index contributed by atoms with van der Waals surface area (Å²) < 4.78 is 18.5.